The highest BCUT2D eigenvalue weighted by Gasteiger charge is 2.26. The van der Waals surface area contributed by atoms with Gasteiger partial charge in [0.2, 0.25) is 5.91 Å². The van der Waals surface area contributed by atoms with Crippen LogP contribution in [0.3, 0.4) is 0 Å². The highest BCUT2D eigenvalue weighted by atomic mass is 19.1. The van der Waals surface area contributed by atoms with E-state index in [9.17, 15) is 19.1 Å². The van der Waals surface area contributed by atoms with Crippen molar-refractivity contribution in [3.8, 4) is 0 Å². The second-order valence-electron chi connectivity index (χ2n) is 4.11. The Morgan fingerprint density at radius 1 is 1.37 bits per heavy atom. The number of aliphatic hydroxyl groups is 1. The molecule has 6 heteroatoms. The van der Waals surface area contributed by atoms with Crippen LogP contribution in [-0.2, 0) is 20.7 Å². The Morgan fingerprint density at radius 3 is 2.42 bits per heavy atom. The van der Waals surface area contributed by atoms with E-state index in [-0.39, 0.29) is 12.2 Å². The number of nitrogens with one attached hydrogen (secondary N) is 1. The van der Waals surface area contributed by atoms with Gasteiger partial charge in [-0.1, -0.05) is 12.1 Å². The largest absolute Gasteiger partial charge is 0.467 e. The number of carbonyl (C=O) groups excluding carboxylic acids is 2. The van der Waals surface area contributed by atoms with Crippen molar-refractivity contribution in [1.82, 2.24) is 5.32 Å². The summed E-state index contributed by atoms with van der Waals surface area (Å²) in [7, 11) is 1.17. The molecule has 0 aromatic heterocycles. The number of halogens is 1. The standard InChI is InChI=1S/C13H16FNO4/c1-8(16)12(13(18)19-2)15-11(17)7-9-3-5-10(14)6-4-9/h3-6,8,12,16H,7H2,1-2H3,(H,15,17)/t8-,12-/m0/s1. The van der Waals surface area contributed by atoms with Crippen molar-refractivity contribution < 1.29 is 23.8 Å². The van der Waals surface area contributed by atoms with Crippen LogP contribution in [0.1, 0.15) is 12.5 Å². The summed E-state index contributed by atoms with van der Waals surface area (Å²) in [6.45, 7) is 1.37. The number of hydrogen-bond acceptors (Lipinski definition) is 4. The van der Waals surface area contributed by atoms with Crippen LogP contribution in [0.5, 0.6) is 0 Å². The summed E-state index contributed by atoms with van der Waals surface area (Å²) in [5.74, 6) is -1.56. The van der Waals surface area contributed by atoms with Crippen molar-refractivity contribution in [2.24, 2.45) is 0 Å². The lowest BCUT2D eigenvalue weighted by atomic mass is 10.1. The molecule has 104 valence electrons. The van der Waals surface area contributed by atoms with Gasteiger partial charge in [-0.15, -0.1) is 0 Å². The molecule has 1 aromatic rings. The van der Waals surface area contributed by atoms with Gasteiger partial charge in [0, 0.05) is 0 Å². The van der Waals surface area contributed by atoms with Crippen LogP contribution in [0.4, 0.5) is 4.39 Å². The molecular weight excluding hydrogens is 253 g/mol. The zero-order valence-corrected chi connectivity index (χ0v) is 10.7. The molecule has 0 unspecified atom stereocenters. The third kappa shape index (κ3) is 4.67. The van der Waals surface area contributed by atoms with Crippen LogP contribution in [0, 0.1) is 5.82 Å². The first-order chi connectivity index (χ1) is 8.93. The van der Waals surface area contributed by atoms with Crippen molar-refractivity contribution in [3.63, 3.8) is 0 Å². The quantitative estimate of drug-likeness (QED) is 0.759. The summed E-state index contributed by atoms with van der Waals surface area (Å²) < 4.78 is 17.2. The van der Waals surface area contributed by atoms with Crippen molar-refractivity contribution >= 4 is 11.9 Å². The van der Waals surface area contributed by atoms with E-state index in [4.69, 9.17) is 0 Å². The first-order valence-corrected chi connectivity index (χ1v) is 5.73. The average molecular weight is 269 g/mol. The van der Waals surface area contributed by atoms with E-state index >= 15 is 0 Å². The summed E-state index contributed by atoms with van der Waals surface area (Å²) >= 11 is 0. The number of amides is 1. The number of benzene rings is 1. The summed E-state index contributed by atoms with van der Waals surface area (Å²) in [6, 6.07) is 4.33. The van der Waals surface area contributed by atoms with Gasteiger partial charge in [0.15, 0.2) is 6.04 Å². The molecule has 0 heterocycles. The number of hydrogen-bond donors (Lipinski definition) is 2. The van der Waals surface area contributed by atoms with Crippen LogP contribution in [0.15, 0.2) is 24.3 Å². The molecule has 0 fully saturated rings. The van der Waals surface area contributed by atoms with Gasteiger partial charge in [-0.2, -0.15) is 0 Å². The maximum absolute atomic E-state index is 12.7. The Bertz CT molecular complexity index is 444. The Morgan fingerprint density at radius 2 is 1.95 bits per heavy atom. The molecule has 1 aromatic carbocycles. The Hall–Kier alpha value is -1.95. The lowest BCUT2D eigenvalue weighted by molar-refractivity contribution is -0.148. The van der Waals surface area contributed by atoms with Gasteiger partial charge >= 0.3 is 5.97 Å². The van der Waals surface area contributed by atoms with Crippen LogP contribution < -0.4 is 5.32 Å². The van der Waals surface area contributed by atoms with E-state index in [0.717, 1.165) is 0 Å². The minimum absolute atomic E-state index is 0.0134. The van der Waals surface area contributed by atoms with Crippen LogP contribution in [0.2, 0.25) is 0 Å². The smallest absolute Gasteiger partial charge is 0.331 e. The molecule has 0 aliphatic rings. The van der Waals surface area contributed by atoms with Gasteiger partial charge in [-0.25, -0.2) is 9.18 Å². The van der Waals surface area contributed by atoms with Crippen LogP contribution in [-0.4, -0.2) is 36.2 Å². The van der Waals surface area contributed by atoms with E-state index in [1.807, 2.05) is 0 Å². The molecule has 0 aliphatic carbocycles. The predicted octanol–water partition coefficient (Wildman–Crippen LogP) is 0.407. The minimum atomic E-state index is -1.11. The highest BCUT2D eigenvalue weighted by Crippen LogP contribution is 2.04. The number of esters is 1. The van der Waals surface area contributed by atoms with Crippen molar-refractivity contribution in [1.29, 1.82) is 0 Å². The van der Waals surface area contributed by atoms with Gasteiger partial charge in [0.25, 0.3) is 0 Å². The summed E-state index contributed by atoms with van der Waals surface area (Å²) in [6.07, 6.45) is -1.08. The molecule has 0 aliphatic heterocycles. The molecule has 1 amide bonds. The first-order valence-electron chi connectivity index (χ1n) is 5.73. The molecule has 2 N–H and O–H groups in total. The van der Waals surface area contributed by atoms with Gasteiger partial charge in [-0.05, 0) is 24.6 Å². The van der Waals surface area contributed by atoms with E-state index in [2.05, 4.69) is 10.1 Å². The third-order valence-corrected chi connectivity index (χ3v) is 2.53. The number of methoxy groups -OCH3 is 1. The van der Waals surface area contributed by atoms with E-state index in [0.29, 0.717) is 5.56 Å². The molecule has 0 radical (unpaired) electrons. The maximum atomic E-state index is 12.7. The molecular formula is C13H16FNO4. The summed E-state index contributed by atoms with van der Waals surface area (Å²) in [5, 5.41) is 11.8. The molecule has 1 rings (SSSR count). The average Bonchev–Trinajstić information content (AvgIpc) is 2.37. The summed E-state index contributed by atoms with van der Waals surface area (Å²) in [4.78, 5) is 23.0. The van der Waals surface area contributed by atoms with Gasteiger partial charge in [-0.3, -0.25) is 4.79 Å². The maximum Gasteiger partial charge on any atom is 0.331 e. The topological polar surface area (TPSA) is 75.6 Å². The van der Waals surface area contributed by atoms with Crippen molar-refractivity contribution in [2.45, 2.75) is 25.5 Å². The van der Waals surface area contributed by atoms with Crippen LogP contribution in [0.25, 0.3) is 0 Å². The summed E-state index contributed by atoms with van der Waals surface area (Å²) in [5.41, 5.74) is 0.605. The van der Waals surface area contributed by atoms with E-state index < -0.39 is 24.0 Å². The molecule has 2 atom stereocenters. The fraction of sp³-hybridized carbons (Fsp3) is 0.385. The predicted molar refractivity (Wildman–Crippen MR) is 65.7 cm³/mol. The minimum Gasteiger partial charge on any atom is -0.467 e. The monoisotopic (exact) mass is 269 g/mol. The van der Waals surface area contributed by atoms with E-state index in [1.54, 1.807) is 0 Å². The Labute approximate surface area is 110 Å². The van der Waals surface area contributed by atoms with Crippen molar-refractivity contribution in [3.05, 3.63) is 35.6 Å². The van der Waals surface area contributed by atoms with Crippen LogP contribution >= 0.6 is 0 Å². The number of carbonyl (C=O) groups is 2. The van der Waals surface area contributed by atoms with E-state index in [1.165, 1.54) is 38.3 Å². The molecule has 19 heavy (non-hydrogen) atoms. The van der Waals surface area contributed by atoms with Gasteiger partial charge in [0.1, 0.15) is 5.82 Å². The zero-order chi connectivity index (χ0) is 14.4. The second kappa shape index (κ2) is 6.84. The fourth-order valence-corrected chi connectivity index (χ4v) is 1.52. The normalized spacial score (nSPS) is 13.5. The Kier molecular flexibility index (Phi) is 5.44. The number of ether oxygens (including phenoxy) is 1. The molecule has 0 spiro atoms. The highest BCUT2D eigenvalue weighted by molar-refractivity contribution is 5.86. The first kappa shape index (κ1) is 15.1. The lowest BCUT2D eigenvalue weighted by Crippen LogP contribution is -2.48. The molecule has 0 bridgehead atoms. The number of aliphatic hydroxyl groups excluding tert-OH is 1. The lowest BCUT2D eigenvalue weighted by Gasteiger charge is -2.18. The molecule has 0 saturated carbocycles. The van der Waals surface area contributed by atoms with Gasteiger partial charge in [0.05, 0.1) is 19.6 Å². The molecule has 0 saturated heterocycles. The second-order valence-corrected chi connectivity index (χ2v) is 4.11. The Balaban J connectivity index is 2.62. The third-order valence-electron chi connectivity index (χ3n) is 2.53. The SMILES string of the molecule is COC(=O)[C@@H](NC(=O)Cc1ccc(F)cc1)[C@H](C)O. The number of rotatable bonds is 5. The zero-order valence-electron chi connectivity index (χ0n) is 10.7. The van der Waals surface area contributed by atoms with Crippen molar-refractivity contribution in [2.75, 3.05) is 7.11 Å². The fourth-order valence-electron chi connectivity index (χ4n) is 1.52. The van der Waals surface area contributed by atoms with Gasteiger partial charge < -0.3 is 15.2 Å². The molecule has 5 nitrogen and oxygen atoms in total.